The maximum absolute atomic E-state index is 11.4. The maximum Gasteiger partial charge on any atom is 0.492 e. The number of aliphatic hydroxyl groups is 1. The Hall–Kier alpha value is -1.63. The van der Waals surface area contributed by atoms with Gasteiger partial charge in [-0.1, -0.05) is 30.3 Å². The molecule has 25 heavy (non-hydrogen) atoms. The van der Waals surface area contributed by atoms with Gasteiger partial charge in [-0.05, 0) is 50.7 Å². The summed E-state index contributed by atoms with van der Waals surface area (Å²) in [5.74, 6) is -0.101. The third-order valence-corrected chi connectivity index (χ3v) is 4.80. The van der Waals surface area contributed by atoms with Crippen molar-refractivity contribution in [2.45, 2.75) is 52.2 Å². The summed E-state index contributed by atoms with van der Waals surface area (Å²) < 4.78 is 12.3. The van der Waals surface area contributed by atoms with Crippen molar-refractivity contribution in [1.29, 1.82) is 0 Å². The Bertz CT molecular complexity index is 639. The van der Waals surface area contributed by atoms with Crippen LogP contribution in [0.1, 0.15) is 45.7 Å². The van der Waals surface area contributed by atoms with Crippen LogP contribution in [0.2, 0.25) is 0 Å². The second-order valence-electron chi connectivity index (χ2n) is 7.44. The molecule has 5 nitrogen and oxygen atoms in total. The molecule has 1 aliphatic heterocycles. The van der Waals surface area contributed by atoms with Gasteiger partial charge in [0.2, 0.25) is 5.91 Å². The first-order valence-electron chi connectivity index (χ1n) is 8.65. The lowest BCUT2D eigenvalue weighted by molar-refractivity contribution is -0.118. The van der Waals surface area contributed by atoms with Gasteiger partial charge in [0.1, 0.15) is 0 Å². The zero-order valence-electron chi connectivity index (χ0n) is 15.8. The Morgan fingerprint density at radius 1 is 1.24 bits per heavy atom. The summed E-state index contributed by atoms with van der Waals surface area (Å²) in [6.07, 6.45) is 2.60. The molecule has 1 fully saturated rings. The van der Waals surface area contributed by atoms with Gasteiger partial charge in [0.05, 0.1) is 11.2 Å². The summed E-state index contributed by atoms with van der Waals surface area (Å²) >= 11 is 0. The number of benzene rings is 1. The lowest BCUT2D eigenvalue weighted by Gasteiger charge is -2.32. The van der Waals surface area contributed by atoms with Gasteiger partial charge in [0.15, 0.2) is 0 Å². The number of aliphatic hydroxyl groups excluding tert-OH is 1. The SMILES string of the molecule is CC(=O)NCC(=Cc1cccc(CCO)c1)B1OC(C)(C)C(C)(C)O1. The largest absolute Gasteiger partial charge is 0.492 e. The van der Waals surface area contributed by atoms with Crippen LogP contribution < -0.4 is 5.32 Å². The number of hydrogen-bond acceptors (Lipinski definition) is 4. The smallest absolute Gasteiger partial charge is 0.400 e. The van der Waals surface area contributed by atoms with Crippen LogP contribution in [0.15, 0.2) is 29.7 Å². The molecule has 1 aromatic rings. The molecule has 6 heteroatoms. The third kappa shape index (κ3) is 4.94. The zero-order valence-corrected chi connectivity index (χ0v) is 15.8. The topological polar surface area (TPSA) is 67.8 Å². The molecule has 1 amide bonds. The number of carbonyl (C=O) groups is 1. The Balaban J connectivity index is 2.30. The lowest BCUT2D eigenvalue weighted by atomic mass is 9.77. The predicted molar refractivity (Wildman–Crippen MR) is 100.0 cm³/mol. The van der Waals surface area contributed by atoms with E-state index in [1.807, 2.05) is 58.0 Å². The van der Waals surface area contributed by atoms with Gasteiger partial charge in [-0.2, -0.15) is 0 Å². The molecule has 0 unspecified atom stereocenters. The Morgan fingerprint density at radius 2 is 1.88 bits per heavy atom. The zero-order chi connectivity index (χ0) is 18.7. The van der Waals surface area contributed by atoms with Crippen LogP contribution in [0.5, 0.6) is 0 Å². The number of nitrogens with one attached hydrogen (secondary N) is 1. The van der Waals surface area contributed by atoms with Crippen molar-refractivity contribution in [3.8, 4) is 0 Å². The summed E-state index contributed by atoms with van der Waals surface area (Å²) in [5.41, 5.74) is 2.03. The van der Waals surface area contributed by atoms with Gasteiger partial charge in [0.25, 0.3) is 0 Å². The van der Waals surface area contributed by atoms with E-state index in [4.69, 9.17) is 14.4 Å². The van der Waals surface area contributed by atoms with Crippen molar-refractivity contribution >= 4 is 19.1 Å². The van der Waals surface area contributed by atoms with E-state index in [1.54, 1.807) is 0 Å². The Morgan fingerprint density at radius 3 is 2.44 bits per heavy atom. The fourth-order valence-electron chi connectivity index (χ4n) is 2.60. The molecule has 0 bridgehead atoms. The minimum Gasteiger partial charge on any atom is -0.400 e. The van der Waals surface area contributed by atoms with Gasteiger partial charge in [0, 0.05) is 20.1 Å². The normalized spacial score (nSPS) is 19.1. The van der Waals surface area contributed by atoms with E-state index in [2.05, 4.69) is 5.32 Å². The second-order valence-corrected chi connectivity index (χ2v) is 7.44. The van der Waals surface area contributed by atoms with Gasteiger partial charge in [-0.25, -0.2) is 0 Å². The van der Waals surface area contributed by atoms with Crippen LogP contribution in [0.25, 0.3) is 6.08 Å². The van der Waals surface area contributed by atoms with E-state index >= 15 is 0 Å². The number of rotatable bonds is 6. The van der Waals surface area contributed by atoms with Gasteiger partial charge >= 0.3 is 7.12 Å². The van der Waals surface area contributed by atoms with Crippen LogP contribution in [-0.4, -0.2) is 42.5 Å². The van der Waals surface area contributed by atoms with Gasteiger partial charge < -0.3 is 19.7 Å². The lowest BCUT2D eigenvalue weighted by Crippen LogP contribution is -2.41. The van der Waals surface area contributed by atoms with E-state index in [1.165, 1.54) is 6.92 Å². The minimum atomic E-state index is -0.515. The first-order valence-corrected chi connectivity index (χ1v) is 8.65. The van der Waals surface area contributed by atoms with E-state index in [0.717, 1.165) is 16.6 Å². The summed E-state index contributed by atoms with van der Waals surface area (Å²) in [6, 6.07) is 7.95. The molecule has 0 spiro atoms. The van der Waals surface area contributed by atoms with Crippen LogP contribution in [0.3, 0.4) is 0 Å². The molecule has 1 heterocycles. The molecule has 0 saturated carbocycles. The molecule has 0 aromatic heterocycles. The summed E-state index contributed by atoms with van der Waals surface area (Å²) in [7, 11) is -0.515. The van der Waals surface area contributed by atoms with Gasteiger partial charge in [-0.3, -0.25) is 4.79 Å². The molecule has 0 atom stereocenters. The highest BCUT2D eigenvalue weighted by Gasteiger charge is 2.52. The molecule has 1 saturated heterocycles. The summed E-state index contributed by atoms with van der Waals surface area (Å²) in [4.78, 5) is 11.4. The first-order chi connectivity index (χ1) is 11.6. The third-order valence-electron chi connectivity index (χ3n) is 4.80. The molecular formula is C19H28BNO4. The molecule has 1 aliphatic rings. The van der Waals surface area contributed by atoms with E-state index in [-0.39, 0.29) is 12.5 Å². The Kier molecular flexibility index (Phi) is 6.09. The van der Waals surface area contributed by atoms with E-state index in [9.17, 15) is 4.79 Å². The number of hydrogen-bond donors (Lipinski definition) is 2. The second kappa shape index (κ2) is 7.73. The van der Waals surface area contributed by atoms with Crippen molar-refractivity contribution < 1.29 is 19.2 Å². The molecule has 0 aliphatic carbocycles. The summed E-state index contributed by atoms with van der Waals surface area (Å²) in [6.45, 7) is 9.98. The van der Waals surface area contributed by atoms with Crippen molar-refractivity contribution in [1.82, 2.24) is 5.32 Å². The fourth-order valence-corrected chi connectivity index (χ4v) is 2.60. The average Bonchev–Trinajstić information content (AvgIpc) is 2.72. The van der Waals surface area contributed by atoms with Crippen LogP contribution >= 0.6 is 0 Å². The maximum atomic E-state index is 11.4. The fraction of sp³-hybridized carbons (Fsp3) is 0.526. The number of amides is 1. The van der Waals surface area contributed by atoms with Gasteiger partial charge in [-0.15, -0.1) is 0 Å². The molecular weight excluding hydrogens is 317 g/mol. The molecule has 2 rings (SSSR count). The van der Waals surface area contributed by atoms with Crippen LogP contribution in [-0.2, 0) is 20.5 Å². The molecule has 1 aromatic carbocycles. The van der Waals surface area contributed by atoms with Crippen molar-refractivity contribution in [3.05, 3.63) is 40.9 Å². The minimum absolute atomic E-state index is 0.101. The highest BCUT2D eigenvalue weighted by Crippen LogP contribution is 2.38. The van der Waals surface area contributed by atoms with Crippen molar-refractivity contribution in [2.24, 2.45) is 0 Å². The first kappa shape index (κ1) is 19.7. The van der Waals surface area contributed by atoms with Crippen molar-refractivity contribution in [2.75, 3.05) is 13.2 Å². The van der Waals surface area contributed by atoms with Crippen LogP contribution in [0, 0.1) is 0 Å². The molecule has 0 radical (unpaired) electrons. The average molecular weight is 345 g/mol. The van der Waals surface area contributed by atoms with E-state index < -0.39 is 18.3 Å². The van der Waals surface area contributed by atoms with Crippen LogP contribution in [0.4, 0.5) is 0 Å². The van der Waals surface area contributed by atoms with E-state index in [0.29, 0.717) is 13.0 Å². The van der Waals surface area contributed by atoms with Crippen molar-refractivity contribution in [3.63, 3.8) is 0 Å². The number of carbonyl (C=O) groups excluding carboxylic acids is 1. The highest BCUT2D eigenvalue weighted by molar-refractivity contribution is 6.56. The quantitative estimate of drug-likeness (QED) is 0.777. The molecule has 136 valence electrons. The molecule has 2 N–H and O–H groups in total. The highest BCUT2D eigenvalue weighted by atomic mass is 16.7. The Labute approximate surface area is 150 Å². The predicted octanol–water partition coefficient (Wildman–Crippen LogP) is 2.37. The monoisotopic (exact) mass is 345 g/mol. The standard InChI is InChI=1S/C19H28BNO4/c1-14(23)21-13-17(20-24-18(2,3)19(4,5)25-20)12-16-8-6-7-15(11-16)9-10-22/h6-8,11-12,22H,9-10,13H2,1-5H3,(H,21,23). The summed E-state index contributed by atoms with van der Waals surface area (Å²) in [5, 5.41) is 12.0.